The van der Waals surface area contributed by atoms with Crippen LogP contribution in [-0.2, 0) is 0 Å². The monoisotopic (exact) mass is 181 g/mol. The molecule has 76 valence electrons. The summed E-state index contributed by atoms with van der Waals surface area (Å²) in [5.74, 6) is 1.24. The lowest BCUT2D eigenvalue weighted by Crippen LogP contribution is -2.11. The summed E-state index contributed by atoms with van der Waals surface area (Å²) in [5, 5.41) is 0. The minimum absolute atomic E-state index is 0.390. The molecule has 13 heavy (non-hydrogen) atoms. The Morgan fingerprint density at radius 2 is 1.92 bits per heavy atom. The zero-order chi connectivity index (χ0) is 10.3. The summed E-state index contributed by atoms with van der Waals surface area (Å²) in [6, 6.07) is 0.390. The van der Waals surface area contributed by atoms with Gasteiger partial charge in [-0.15, -0.1) is 6.58 Å². The molecule has 0 N–H and O–H groups in total. The van der Waals surface area contributed by atoms with Crippen molar-refractivity contribution in [3.05, 3.63) is 12.7 Å². The molecule has 0 aromatic heterocycles. The normalized spacial score (nSPS) is 16.4. The van der Waals surface area contributed by atoms with Crippen LogP contribution in [0.1, 0.15) is 40.5 Å². The molecule has 2 atom stereocenters. The number of hydrogen-bond donors (Lipinski definition) is 0. The van der Waals surface area contributed by atoms with Crippen LogP contribution >= 0.6 is 0 Å². The van der Waals surface area contributed by atoms with Gasteiger partial charge in [-0.1, -0.05) is 26.8 Å². The maximum absolute atomic E-state index is 4.51. The average molecular weight is 181 g/mol. The molecule has 0 aliphatic heterocycles. The third kappa shape index (κ3) is 5.62. The van der Waals surface area contributed by atoms with Gasteiger partial charge in [-0.3, -0.25) is 4.99 Å². The van der Waals surface area contributed by atoms with E-state index in [2.05, 4.69) is 45.5 Å². The summed E-state index contributed by atoms with van der Waals surface area (Å²) in [6.07, 6.45) is 6.28. The van der Waals surface area contributed by atoms with Gasteiger partial charge in [0.05, 0.1) is 6.04 Å². The van der Waals surface area contributed by atoms with Crippen molar-refractivity contribution in [2.45, 2.75) is 46.6 Å². The quantitative estimate of drug-likeness (QED) is 0.437. The predicted molar refractivity (Wildman–Crippen MR) is 61.4 cm³/mol. The Morgan fingerprint density at radius 1 is 1.31 bits per heavy atom. The fourth-order valence-corrected chi connectivity index (χ4v) is 1.25. The van der Waals surface area contributed by atoms with Crippen molar-refractivity contribution in [3.63, 3.8) is 0 Å². The molecule has 0 saturated heterocycles. The fourth-order valence-electron chi connectivity index (χ4n) is 1.25. The SMILES string of the molecule is C=CC(CC)C(C)N=CCC(C)C. The van der Waals surface area contributed by atoms with Gasteiger partial charge in [-0.2, -0.15) is 0 Å². The summed E-state index contributed by atoms with van der Waals surface area (Å²) < 4.78 is 0. The lowest BCUT2D eigenvalue weighted by atomic mass is 9.99. The highest BCUT2D eigenvalue weighted by molar-refractivity contribution is 5.57. The molecule has 0 saturated carbocycles. The first-order valence-electron chi connectivity index (χ1n) is 5.26. The van der Waals surface area contributed by atoms with Gasteiger partial charge in [0.15, 0.2) is 0 Å². The van der Waals surface area contributed by atoms with Crippen LogP contribution < -0.4 is 0 Å². The summed E-state index contributed by atoms with van der Waals surface area (Å²) in [7, 11) is 0. The number of rotatable bonds is 6. The number of nitrogens with zero attached hydrogens (tertiary/aromatic N) is 1. The van der Waals surface area contributed by atoms with Crippen molar-refractivity contribution in [2.75, 3.05) is 0 Å². The minimum Gasteiger partial charge on any atom is -0.294 e. The van der Waals surface area contributed by atoms with E-state index in [9.17, 15) is 0 Å². The zero-order valence-corrected chi connectivity index (χ0v) is 9.46. The Hall–Kier alpha value is -0.590. The van der Waals surface area contributed by atoms with Crippen LogP contribution in [0.4, 0.5) is 0 Å². The third-order valence-electron chi connectivity index (χ3n) is 2.31. The van der Waals surface area contributed by atoms with Gasteiger partial charge in [-0.05, 0) is 37.8 Å². The topological polar surface area (TPSA) is 12.4 Å². The third-order valence-corrected chi connectivity index (χ3v) is 2.31. The molecule has 0 heterocycles. The highest BCUT2D eigenvalue weighted by Gasteiger charge is 2.08. The number of hydrogen-bond acceptors (Lipinski definition) is 1. The van der Waals surface area contributed by atoms with Crippen LogP contribution in [-0.4, -0.2) is 12.3 Å². The van der Waals surface area contributed by atoms with E-state index in [4.69, 9.17) is 0 Å². The lowest BCUT2D eigenvalue weighted by Gasteiger charge is -2.14. The van der Waals surface area contributed by atoms with Crippen LogP contribution in [0.3, 0.4) is 0 Å². The number of aliphatic imine (C=N–C) groups is 1. The summed E-state index contributed by atoms with van der Waals surface area (Å²) >= 11 is 0. The van der Waals surface area contributed by atoms with E-state index >= 15 is 0 Å². The highest BCUT2D eigenvalue weighted by atomic mass is 14.8. The Kier molecular flexibility index (Phi) is 6.56. The van der Waals surface area contributed by atoms with Gasteiger partial charge in [0.25, 0.3) is 0 Å². The second kappa shape index (κ2) is 6.88. The Bertz CT molecular complexity index is 159. The van der Waals surface area contributed by atoms with Crippen LogP contribution in [0.5, 0.6) is 0 Å². The molecule has 0 bridgehead atoms. The lowest BCUT2D eigenvalue weighted by molar-refractivity contribution is 0.523. The van der Waals surface area contributed by atoms with Crippen LogP contribution in [0.15, 0.2) is 17.6 Å². The van der Waals surface area contributed by atoms with Crippen molar-refractivity contribution >= 4 is 6.21 Å². The van der Waals surface area contributed by atoms with E-state index in [0.717, 1.165) is 12.8 Å². The Balaban J connectivity index is 3.89. The van der Waals surface area contributed by atoms with Gasteiger partial charge in [0.2, 0.25) is 0 Å². The molecule has 2 unspecified atom stereocenters. The first-order valence-corrected chi connectivity index (χ1v) is 5.26. The summed E-state index contributed by atoms with van der Waals surface area (Å²) in [6.45, 7) is 12.6. The molecular formula is C12H23N. The van der Waals surface area contributed by atoms with Crippen LogP contribution in [0.25, 0.3) is 0 Å². The van der Waals surface area contributed by atoms with E-state index in [1.165, 1.54) is 0 Å². The van der Waals surface area contributed by atoms with Crippen molar-refractivity contribution in [2.24, 2.45) is 16.8 Å². The van der Waals surface area contributed by atoms with Crippen molar-refractivity contribution in [1.82, 2.24) is 0 Å². The second-order valence-corrected chi connectivity index (χ2v) is 4.01. The molecule has 0 aromatic carbocycles. The molecule has 0 amide bonds. The van der Waals surface area contributed by atoms with Gasteiger partial charge in [-0.25, -0.2) is 0 Å². The van der Waals surface area contributed by atoms with E-state index in [0.29, 0.717) is 17.9 Å². The molecule has 0 spiro atoms. The van der Waals surface area contributed by atoms with Crippen molar-refractivity contribution in [1.29, 1.82) is 0 Å². The molecular weight excluding hydrogens is 158 g/mol. The molecule has 0 aliphatic carbocycles. The second-order valence-electron chi connectivity index (χ2n) is 4.01. The zero-order valence-electron chi connectivity index (χ0n) is 9.46. The summed E-state index contributed by atoms with van der Waals surface area (Å²) in [5.41, 5.74) is 0. The molecule has 0 rings (SSSR count). The minimum atomic E-state index is 0.390. The smallest absolute Gasteiger partial charge is 0.0529 e. The van der Waals surface area contributed by atoms with E-state index in [-0.39, 0.29) is 0 Å². The van der Waals surface area contributed by atoms with Gasteiger partial charge < -0.3 is 0 Å². The Morgan fingerprint density at radius 3 is 2.31 bits per heavy atom. The standard InChI is InChI=1S/C12H23N/c1-6-12(7-2)11(5)13-9-8-10(3)4/h6,9-12H,1,7-8H2,2-5H3. The first-order chi connectivity index (χ1) is 6.11. The predicted octanol–water partition coefficient (Wildman–Crippen LogP) is 3.70. The van der Waals surface area contributed by atoms with Crippen molar-refractivity contribution < 1.29 is 0 Å². The van der Waals surface area contributed by atoms with E-state index in [1.54, 1.807) is 0 Å². The van der Waals surface area contributed by atoms with Crippen molar-refractivity contribution in [3.8, 4) is 0 Å². The van der Waals surface area contributed by atoms with E-state index < -0.39 is 0 Å². The van der Waals surface area contributed by atoms with Crippen LogP contribution in [0, 0.1) is 11.8 Å². The Labute approximate surface area is 83.0 Å². The largest absolute Gasteiger partial charge is 0.294 e. The molecule has 0 aromatic rings. The molecule has 0 aliphatic rings. The van der Waals surface area contributed by atoms with E-state index in [1.807, 2.05) is 6.08 Å². The molecule has 0 fully saturated rings. The average Bonchev–Trinajstić information content (AvgIpc) is 2.05. The molecule has 1 nitrogen and oxygen atoms in total. The highest BCUT2D eigenvalue weighted by Crippen LogP contribution is 2.12. The fraction of sp³-hybridized carbons (Fsp3) is 0.750. The van der Waals surface area contributed by atoms with Gasteiger partial charge in [0, 0.05) is 0 Å². The van der Waals surface area contributed by atoms with Gasteiger partial charge >= 0.3 is 0 Å². The maximum atomic E-state index is 4.51. The van der Waals surface area contributed by atoms with Crippen LogP contribution in [0.2, 0.25) is 0 Å². The first kappa shape index (κ1) is 12.4. The van der Waals surface area contributed by atoms with Gasteiger partial charge in [0.1, 0.15) is 0 Å². The molecule has 0 radical (unpaired) electrons. The summed E-state index contributed by atoms with van der Waals surface area (Å²) in [4.78, 5) is 4.51. The maximum Gasteiger partial charge on any atom is 0.0529 e. The molecule has 1 heteroatoms.